The first-order valence-electron chi connectivity index (χ1n) is 11.5. The number of ether oxygens (including phenoxy) is 5. The molecule has 0 aromatic heterocycles. The van der Waals surface area contributed by atoms with Crippen molar-refractivity contribution >= 4 is 5.78 Å². The molecular weight excluding hydrogens is 432 g/mol. The van der Waals surface area contributed by atoms with Gasteiger partial charge < -0.3 is 23.7 Å². The van der Waals surface area contributed by atoms with Crippen molar-refractivity contribution in [2.45, 2.75) is 50.3 Å². The van der Waals surface area contributed by atoms with Gasteiger partial charge in [0.25, 0.3) is 0 Å². The van der Waals surface area contributed by atoms with E-state index in [1.807, 2.05) is 91.0 Å². The third kappa shape index (κ3) is 5.27. The molecule has 6 nitrogen and oxygen atoms in total. The first kappa shape index (κ1) is 22.9. The first-order chi connectivity index (χ1) is 16.8. The summed E-state index contributed by atoms with van der Waals surface area (Å²) < 4.78 is 30.3. The van der Waals surface area contributed by atoms with Crippen LogP contribution in [0.1, 0.15) is 16.7 Å². The van der Waals surface area contributed by atoms with Crippen LogP contribution < -0.4 is 0 Å². The molecule has 2 bridgehead atoms. The van der Waals surface area contributed by atoms with Crippen LogP contribution in [0, 0.1) is 0 Å². The zero-order valence-electron chi connectivity index (χ0n) is 18.8. The fourth-order valence-electron chi connectivity index (χ4n) is 4.41. The van der Waals surface area contributed by atoms with Gasteiger partial charge in [0, 0.05) is 0 Å². The van der Waals surface area contributed by atoms with Crippen LogP contribution in [0.5, 0.6) is 0 Å². The van der Waals surface area contributed by atoms with Gasteiger partial charge in [0.15, 0.2) is 5.78 Å². The number of benzene rings is 3. The lowest BCUT2D eigenvalue weighted by Gasteiger charge is -2.47. The number of carbonyl (C=O) groups is 1. The largest absolute Gasteiger partial charge is 0.368 e. The lowest BCUT2D eigenvalue weighted by molar-refractivity contribution is -0.301. The van der Waals surface area contributed by atoms with E-state index in [0.29, 0.717) is 19.8 Å². The van der Waals surface area contributed by atoms with Gasteiger partial charge >= 0.3 is 0 Å². The number of hydrogen-bond donors (Lipinski definition) is 0. The lowest BCUT2D eigenvalue weighted by atomic mass is 9.84. The van der Waals surface area contributed by atoms with Crippen molar-refractivity contribution in [1.29, 1.82) is 0 Å². The molecule has 0 radical (unpaired) electrons. The SMILES string of the molecule is O=C1[C@H](OCc2ccccc2)[C@@H]2OCO[C@@H](C2OCc2ccccc2)[C@H]1OCc1ccccc1. The highest BCUT2D eigenvalue weighted by Gasteiger charge is 2.56. The molecule has 34 heavy (non-hydrogen) atoms. The van der Waals surface area contributed by atoms with Crippen molar-refractivity contribution < 1.29 is 28.5 Å². The zero-order chi connectivity index (χ0) is 23.2. The average molecular weight is 461 g/mol. The molecule has 0 amide bonds. The van der Waals surface area contributed by atoms with Crippen LogP contribution in [0.25, 0.3) is 0 Å². The molecule has 0 N–H and O–H groups in total. The Kier molecular flexibility index (Phi) is 7.43. The van der Waals surface area contributed by atoms with E-state index in [1.54, 1.807) is 0 Å². The Morgan fingerprint density at radius 2 is 0.971 bits per heavy atom. The number of rotatable bonds is 9. The quantitative estimate of drug-likeness (QED) is 0.480. The predicted molar refractivity (Wildman–Crippen MR) is 125 cm³/mol. The van der Waals surface area contributed by atoms with Crippen molar-refractivity contribution in [3.63, 3.8) is 0 Å². The highest BCUT2D eigenvalue weighted by Crippen LogP contribution is 2.34. The van der Waals surface area contributed by atoms with Crippen molar-refractivity contribution in [1.82, 2.24) is 0 Å². The minimum atomic E-state index is -0.818. The monoisotopic (exact) mass is 460 g/mol. The highest BCUT2D eigenvalue weighted by atomic mass is 16.7. The van der Waals surface area contributed by atoms with Gasteiger partial charge in [0.1, 0.15) is 37.3 Å². The molecule has 2 aliphatic rings. The van der Waals surface area contributed by atoms with E-state index in [2.05, 4.69) is 0 Å². The second-order valence-electron chi connectivity index (χ2n) is 8.48. The molecule has 176 valence electrons. The van der Waals surface area contributed by atoms with Crippen LogP contribution in [0.4, 0.5) is 0 Å². The predicted octanol–water partition coefficient (Wildman–Crippen LogP) is 4.07. The standard InChI is InChI=1S/C28H28O6/c29-23-24(30-16-20-10-4-1-5-11-20)26-28(32-18-22-14-8-3-9-15-22)27(34-19-33-26)25(23)31-17-21-12-6-2-7-13-21/h1-15,24-28H,16-19H2/t24-,25-,26-,27+,28?/m0/s1. The molecule has 5 rings (SSSR count). The molecule has 2 fully saturated rings. The van der Waals surface area contributed by atoms with E-state index in [1.165, 1.54) is 0 Å². The van der Waals surface area contributed by atoms with Crippen molar-refractivity contribution in [2.75, 3.05) is 6.79 Å². The number of fused-ring (bicyclic) bond motifs is 2. The van der Waals surface area contributed by atoms with Gasteiger partial charge in [-0.05, 0) is 16.7 Å². The lowest BCUT2D eigenvalue weighted by Crippen LogP contribution is -2.67. The first-order valence-corrected chi connectivity index (χ1v) is 11.5. The zero-order valence-corrected chi connectivity index (χ0v) is 18.8. The molecule has 1 saturated heterocycles. The Hall–Kier alpha value is -2.87. The van der Waals surface area contributed by atoms with Crippen LogP contribution in [0.15, 0.2) is 91.0 Å². The Morgan fingerprint density at radius 1 is 0.588 bits per heavy atom. The molecule has 1 unspecified atom stereocenters. The highest BCUT2D eigenvalue weighted by molar-refractivity contribution is 5.90. The molecule has 6 heteroatoms. The summed E-state index contributed by atoms with van der Waals surface area (Å²) >= 11 is 0. The van der Waals surface area contributed by atoms with E-state index >= 15 is 0 Å². The van der Waals surface area contributed by atoms with Crippen LogP contribution in [0.2, 0.25) is 0 Å². The summed E-state index contributed by atoms with van der Waals surface area (Å²) in [4.78, 5) is 13.5. The average Bonchev–Trinajstić information content (AvgIpc) is 2.89. The maximum absolute atomic E-state index is 13.5. The maximum Gasteiger partial charge on any atom is 0.195 e. The van der Waals surface area contributed by atoms with E-state index in [-0.39, 0.29) is 12.6 Å². The van der Waals surface area contributed by atoms with Gasteiger partial charge in [-0.15, -0.1) is 0 Å². The second kappa shape index (κ2) is 11.0. The van der Waals surface area contributed by atoms with Crippen molar-refractivity contribution in [3.8, 4) is 0 Å². The van der Waals surface area contributed by atoms with E-state index in [9.17, 15) is 4.79 Å². The number of carbonyl (C=O) groups excluding carboxylic acids is 1. The summed E-state index contributed by atoms with van der Waals surface area (Å²) in [7, 11) is 0. The smallest absolute Gasteiger partial charge is 0.195 e. The summed E-state index contributed by atoms with van der Waals surface area (Å²) in [6.07, 6.45) is -3.29. The summed E-state index contributed by atoms with van der Waals surface area (Å²) in [6, 6.07) is 29.4. The van der Waals surface area contributed by atoms with Crippen LogP contribution >= 0.6 is 0 Å². The summed E-state index contributed by atoms with van der Waals surface area (Å²) in [6.45, 7) is 1.01. The van der Waals surface area contributed by atoms with Gasteiger partial charge in [-0.2, -0.15) is 0 Å². The Balaban J connectivity index is 1.36. The van der Waals surface area contributed by atoms with Crippen molar-refractivity contribution in [3.05, 3.63) is 108 Å². The minimum absolute atomic E-state index is 0.0597. The number of hydrogen-bond acceptors (Lipinski definition) is 6. The second-order valence-corrected chi connectivity index (χ2v) is 8.48. The van der Waals surface area contributed by atoms with Crippen molar-refractivity contribution in [2.24, 2.45) is 0 Å². The molecule has 3 aromatic rings. The molecule has 5 atom stereocenters. The van der Waals surface area contributed by atoms with E-state index < -0.39 is 30.5 Å². The summed E-state index contributed by atoms with van der Waals surface area (Å²) in [5.41, 5.74) is 2.99. The Bertz CT molecular complexity index is 981. The third-order valence-corrected chi connectivity index (χ3v) is 6.16. The van der Waals surface area contributed by atoms with Gasteiger partial charge in [-0.3, -0.25) is 4.79 Å². The normalized spacial score (nSPS) is 26.4. The Labute approximate surface area is 199 Å². The molecule has 1 aliphatic heterocycles. The van der Waals surface area contributed by atoms with Crippen LogP contribution in [-0.4, -0.2) is 43.1 Å². The van der Waals surface area contributed by atoms with Gasteiger partial charge in [0.2, 0.25) is 0 Å². The molecule has 1 aliphatic carbocycles. The molecule has 1 heterocycles. The summed E-state index contributed by atoms with van der Waals surface area (Å²) in [5.74, 6) is -0.180. The van der Waals surface area contributed by atoms with Gasteiger partial charge in [0.05, 0.1) is 19.8 Å². The third-order valence-electron chi connectivity index (χ3n) is 6.16. The fourth-order valence-corrected chi connectivity index (χ4v) is 4.41. The van der Waals surface area contributed by atoms with Crippen LogP contribution in [0.3, 0.4) is 0 Å². The molecule has 1 saturated carbocycles. The van der Waals surface area contributed by atoms with Gasteiger partial charge in [-0.25, -0.2) is 0 Å². The topological polar surface area (TPSA) is 63.2 Å². The van der Waals surface area contributed by atoms with Gasteiger partial charge in [-0.1, -0.05) is 91.0 Å². The molecular formula is C28H28O6. The number of ketones is 1. The van der Waals surface area contributed by atoms with E-state index in [4.69, 9.17) is 23.7 Å². The van der Waals surface area contributed by atoms with E-state index in [0.717, 1.165) is 16.7 Å². The molecule has 0 spiro atoms. The fraction of sp³-hybridized carbons (Fsp3) is 0.321. The summed E-state index contributed by atoms with van der Waals surface area (Å²) in [5, 5.41) is 0. The molecule has 3 aromatic carbocycles. The Morgan fingerprint density at radius 3 is 1.38 bits per heavy atom. The maximum atomic E-state index is 13.5. The number of Topliss-reactive ketones (excluding diaryl/α,β-unsaturated/α-hetero) is 1. The van der Waals surface area contributed by atoms with Crippen LogP contribution in [-0.2, 0) is 48.3 Å². The minimum Gasteiger partial charge on any atom is -0.368 e.